The second-order valence-corrected chi connectivity index (χ2v) is 3.16. The van der Waals surface area contributed by atoms with E-state index in [1.807, 2.05) is 0 Å². The zero-order valence-corrected chi connectivity index (χ0v) is 8.71. The van der Waals surface area contributed by atoms with E-state index in [9.17, 15) is 9.59 Å². The lowest BCUT2D eigenvalue weighted by Gasteiger charge is -2.02. The number of aldehydes is 1. The van der Waals surface area contributed by atoms with Gasteiger partial charge in [-0.05, 0) is 13.0 Å². The van der Waals surface area contributed by atoms with Crippen molar-refractivity contribution < 1.29 is 14.3 Å². The third-order valence-corrected chi connectivity index (χ3v) is 2.23. The van der Waals surface area contributed by atoms with Gasteiger partial charge in [0.25, 0.3) is 0 Å². The van der Waals surface area contributed by atoms with E-state index in [-0.39, 0.29) is 6.61 Å². The molecule has 0 aliphatic carbocycles. The molecular weight excluding hydrogens is 208 g/mol. The average molecular weight is 218 g/mol. The number of ether oxygens (including phenoxy) is 1. The number of hydrogen-bond acceptors (Lipinski definition) is 4. The molecule has 0 unspecified atom stereocenters. The first-order valence-corrected chi connectivity index (χ1v) is 4.85. The van der Waals surface area contributed by atoms with Gasteiger partial charge in [0, 0.05) is 23.3 Å². The third-order valence-electron chi connectivity index (χ3n) is 2.23. The Morgan fingerprint density at radius 2 is 2.44 bits per heavy atom. The molecule has 0 saturated heterocycles. The monoisotopic (exact) mass is 218 g/mol. The van der Waals surface area contributed by atoms with Crippen LogP contribution in [0.2, 0.25) is 0 Å². The van der Waals surface area contributed by atoms with Crippen LogP contribution in [0.15, 0.2) is 24.7 Å². The van der Waals surface area contributed by atoms with Crippen molar-refractivity contribution in [2.45, 2.75) is 6.92 Å². The van der Waals surface area contributed by atoms with Gasteiger partial charge in [-0.25, -0.2) is 4.79 Å². The summed E-state index contributed by atoms with van der Waals surface area (Å²) in [6.45, 7) is 2.01. The Labute approximate surface area is 91.6 Å². The standard InChI is InChI=1S/C11H10N2O3/c1-2-16-11(15)13-6-8(7-14)9-3-4-12-5-10(9)13/h3-7H,2H2,1H3. The normalized spacial score (nSPS) is 10.3. The van der Waals surface area contributed by atoms with Gasteiger partial charge in [0.15, 0.2) is 6.29 Å². The molecule has 0 saturated carbocycles. The molecule has 0 N–H and O–H groups in total. The molecule has 5 heteroatoms. The molecule has 16 heavy (non-hydrogen) atoms. The van der Waals surface area contributed by atoms with Crippen LogP contribution in [0.4, 0.5) is 4.79 Å². The predicted octanol–water partition coefficient (Wildman–Crippen LogP) is 1.85. The molecule has 5 nitrogen and oxygen atoms in total. The molecule has 0 aliphatic rings. The van der Waals surface area contributed by atoms with E-state index in [1.54, 1.807) is 19.2 Å². The highest BCUT2D eigenvalue weighted by atomic mass is 16.5. The summed E-state index contributed by atoms with van der Waals surface area (Å²) in [5.74, 6) is 0. The van der Waals surface area contributed by atoms with Crippen LogP contribution in [0.1, 0.15) is 17.3 Å². The SMILES string of the molecule is CCOC(=O)n1cc(C=O)c2ccncc21. The molecule has 0 aromatic carbocycles. The lowest BCUT2D eigenvalue weighted by molar-refractivity contribution is 0.112. The van der Waals surface area contributed by atoms with Crippen molar-refractivity contribution in [2.24, 2.45) is 0 Å². The van der Waals surface area contributed by atoms with Crippen molar-refractivity contribution in [3.05, 3.63) is 30.2 Å². The van der Waals surface area contributed by atoms with Crippen molar-refractivity contribution >= 4 is 23.3 Å². The summed E-state index contributed by atoms with van der Waals surface area (Å²) >= 11 is 0. The Kier molecular flexibility index (Phi) is 2.68. The van der Waals surface area contributed by atoms with E-state index >= 15 is 0 Å². The molecule has 2 rings (SSSR count). The summed E-state index contributed by atoms with van der Waals surface area (Å²) in [5.41, 5.74) is 1.02. The topological polar surface area (TPSA) is 61.2 Å². The number of carbonyl (C=O) groups excluding carboxylic acids is 2. The van der Waals surface area contributed by atoms with Gasteiger partial charge in [0.1, 0.15) is 0 Å². The first kappa shape index (κ1) is 10.4. The minimum atomic E-state index is -0.506. The van der Waals surface area contributed by atoms with Gasteiger partial charge < -0.3 is 4.74 Å². The number of carbonyl (C=O) groups is 2. The molecule has 0 atom stereocenters. The van der Waals surface area contributed by atoms with E-state index in [0.29, 0.717) is 22.8 Å². The molecular formula is C11H10N2O3. The summed E-state index contributed by atoms with van der Waals surface area (Å²) in [5, 5.41) is 0.693. The number of pyridine rings is 1. The molecule has 2 aromatic rings. The Balaban J connectivity index is 2.61. The van der Waals surface area contributed by atoms with E-state index in [0.717, 1.165) is 0 Å². The van der Waals surface area contributed by atoms with Gasteiger partial charge in [0.2, 0.25) is 0 Å². The quantitative estimate of drug-likeness (QED) is 0.722. The summed E-state index contributed by atoms with van der Waals surface area (Å²) in [6, 6.07) is 1.69. The lowest BCUT2D eigenvalue weighted by atomic mass is 10.2. The van der Waals surface area contributed by atoms with Gasteiger partial charge in [-0.1, -0.05) is 0 Å². The fourth-order valence-electron chi connectivity index (χ4n) is 1.54. The number of aromatic nitrogens is 2. The Morgan fingerprint density at radius 1 is 1.62 bits per heavy atom. The molecule has 0 amide bonds. The summed E-state index contributed by atoms with van der Waals surface area (Å²) in [7, 11) is 0. The lowest BCUT2D eigenvalue weighted by Crippen LogP contribution is -2.12. The molecule has 0 radical (unpaired) electrons. The third kappa shape index (κ3) is 1.56. The van der Waals surface area contributed by atoms with Crippen LogP contribution in [0, 0.1) is 0 Å². The number of fused-ring (bicyclic) bond motifs is 1. The van der Waals surface area contributed by atoms with E-state index in [1.165, 1.54) is 17.0 Å². The highest BCUT2D eigenvalue weighted by Crippen LogP contribution is 2.18. The number of rotatable bonds is 2. The number of hydrogen-bond donors (Lipinski definition) is 0. The first-order chi connectivity index (χ1) is 7.77. The smallest absolute Gasteiger partial charge is 0.418 e. The molecule has 0 fully saturated rings. The Hall–Kier alpha value is -2.17. The highest BCUT2D eigenvalue weighted by Gasteiger charge is 2.13. The van der Waals surface area contributed by atoms with Crippen LogP contribution in [-0.2, 0) is 4.74 Å². The van der Waals surface area contributed by atoms with Crippen LogP contribution in [0.25, 0.3) is 10.9 Å². The minimum absolute atomic E-state index is 0.287. The van der Waals surface area contributed by atoms with Crippen LogP contribution in [0.5, 0.6) is 0 Å². The maximum atomic E-state index is 11.6. The van der Waals surface area contributed by atoms with Gasteiger partial charge >= 0.3 is 6.09 Å². The molecule has 0 spiro atoms. The van der Waals surface area contributed by atoms with Gasteiger partial charge in [0.05, 0.1) is 18.3 Å². The molecule has 0 bridgehead atoms. The molecule has 2 aromatic heterocycles. The largest absolute Gasteiger partial charge is 0.449 e. The van der Waals surface area contributed by atoms with Crippen LogP contribution >= 0.6 is 0 Å². The van der Waals surface area contributed by atoms with Gasteiger partial charge in [-0.2, -0.15) is 0 Å². The summed E-state index contributed by atoms with van der Waals surface area (Å²) in [4.78, 5) is 26.3. The van der Waals surface area contributed by atoms with Crippen molar-refractivity contribution in [3.8, 4) is 0 Å². The van der Waals surface area contributed by atoms with E-state index < -0.39 is 6.09 Å². The Bertz CT molecular complexity index is 545. The fraction of sp³-hybridized carbons (Fsp3) is 0.182. The van der Waals surface area contributed by atoms with Crippen LogP contribution < -0.4 is 0 Å². The van der Waals surface area contributed by atoms with Gasteiger partial charge in [-0.15, -0.1) is 0 Å². The Morgan fingerprint density at radius 3 is 3.12 bits per heavy atom. The van der Waals surface area contributed by atoms with E-state index in [4.69, 9.17) is 4.74 Å². The van der Waals surface area contributed by atoms with Crippen molar-refractivity contribution in [1.82, 2.24) is 9.55 Å². The van der Waals surface area contributed by atoms with E-state index in [2.05, 4.69) is 4.98 Å². The highest BCUT2D eigenvalue weighted by molar-refractivity contribution is 6.00. The van der Waals surface area contributed by atoms with Gasteiger partial charge in [-0.3, -0.25) is 14.3 Å². The predicted molar refractivity (Wildman–Crippen MR) is 57.5 cm³/mol. The second-order valence-electron chi connectivity index (χ2n) is 3.16. The molecule has 82 valence electrons. The molecule has 0 aliphatic heterocycles. The average Bonchev–Trinajstić information content (AvgIpc) is 2.68. The van der Waals surface area contributed by atoms with Crippen LogP contribution in [0.3, 0.4) is 0 Å². The first-order valence-electron chi connectivity index (χ1n) is 4.85. The van der Waals surface area contributed by atoms with Crippen molar-refractivity contribution in [3.63, 3.8) is 0 Å². The summed E-state index contributed by atoms with van der Waals surface area (Å²) < 4.78 is 6.16. The maximum Gasteiger partial charge on any atom is 0.418 e. The van der Waals surface area contributed by atoms with Crippen molar-refractivity contribution in [2.75, 3.05) is 6.61 Å². The minimum Gasteiger partial charge on any atom is -0.449 e. The fourth-order valence-corrected chi connectivity index (χ4v) is 1.54. The second kappa shape index (κ2) is 4.14. The summed E-state index contributed by atoms with van der Waals surface area (Å²) in [6.07, 6.45) is 4.76. The zero-order chi connectivity index (χ0) is 11.5. The molecule has 2 heterocycles. The number of nitrogens with zero attached hydrogens (tertiary/aromatic N) is 2. The van der Waals surface area contributed by atoms with Crippen molar-refractivity contribution in [1.29, 1.82) is 0 Å². The maximum absolute atomic E-state index is 11.6. The zero-order valence-electron chi connectivity index (χ0n) is 8.71. The van der Waals surface area contributed by atoms with Crippen LogP contribution in [-0.4, -0.2) is 28.5 Å².